The first kappa shape index (κ1) is 18.6. The van der Waals surface area contributed by atoms with E-state index in [1.54, 1.807) is 6.07 Å². The largest absolute Gasteiger partial charge is 0.467 e. The van der Waals surface area contributed by atoms with E-state index in [4.69, 9.17) is 4.74 Å². The molecule has 4 rings (SSSR count). The van der Waals surface area contributed by atoms with Crippen molar-refractivity contribution < 1.29 is 19.4 Å². The van der Waals surface area contributed by atoms with E-state index in [1.807, 2.05) is 22.9 Å². The normalized spacial score (nSPS) is 22.1. The standard InChI is InChI=1S/C20H24N4O4/c1-28-20(27)18-10-16(25)13-23(18)19(26)17-9-15-12-22(7-8-24(15)21-17)11-14-5-3-2-4-6-14/h2-6,9,16,18,25H,7-8,10-13H2,1H3/t16-,18+/m1/s1. The first-order chi connectivity index (χ1) is 13.5. The van der Waals surface area contributed by atoms with Gasteiger partial charge in [-0.25, -0.2) is 4.79 Å². The van der Waals surface area contributed by atoms with Crippen molar-refractivity contribution in [3.8, 4) is 0 Å². The lowest BCUT2D eigenvalue weighted by Gasteiger charge is -2.27. The maximum atomic E-state index is 12.9. The molecule has 1 amide bonds. The summed E-state index contributed by atoms with van der Waals surface area (Å²) < 4.78 is 6.63. The maximum absolute atomic E-state index is 12.9. The zero-order valence-electron chi connectivity index (χ0n) is 15.8. The number of carbonyl (C=O) groups excluding carboxylic acids is 2. The Morgan fingerprint density at radius 2 is 2.04 bits per heavy atom. The Balaban J connectivity index is 1.48. The zero-order chi connectivity index (χ0) is 19.7. The first-order valence-corrected chi connectivity index (χ1v) is 9.45. The van der Waals surface area contributed by atoms with E-state index in [-0.39, 0.29) is 18.9 Å². The van der Waals surface area contributed by atoms with Crippen molar-refractivity contribution in [1.29, 1.82) is 0 Å². The Morgan fingerprint density at radius 1 is 1.25 bits per heavy atom. The number of rotatable bonds is 4. The summed E-state index contributed by atoms with van der Waals surface area (Å²) in [6, 6.07) is 11.3. The van der Waals surface area contributed by atoms with Crippen molar-refractivity contribution in [3.63, 3.8) is 0 Å². The lowest BCUT2D eigenvalue weighted by atomic mass is 10.2. The number of fused-ring (bicyclic) bond motifs is 1. The minimum Gasteiger partial charge on any atom is -0.467 e. The summed E-state index contributed by atoms with van der Waals surface area (Å²) in [4.78, 5) is 28.6. The highest BCUT2D eigenvalue weighted by molar-refractivity contribution is 5.95. The summed E-state index contributed by atoms with van der Waals surface area (Å²) in [7, 11) is 1.28. The van der Waals surface area contributed by atoms with Crippen LogP contribution in [0.3, 0.4) is 0 Å². The van der Waals surface area contributed by atoms with Crippen LogP contribution in [0.1, 0.15) is 28.2 Å². The molecule has 148 valence electrons. The van der Waals surface area contributed by atoms with Gasteiger partial charge in [-0.3, -0.25) is 14.4 Å². The highest BCUT2D eigenvalue weighted by atomic mass is 16.5. The van der Waals surface area contributed by atoms with Gasteiger partial charge in [-0.2, -0.15) is 5.10 Å². The van der Waals surface area contributed by atoms with Gasteiger partial charge in [0.05, 0.1) is 25.5 Å². The minimum absolute atomic E-state index is 0.112. The summed E-state index contributed by atoms with van der Waals surface area (Å²) in [6.45, 7) is 3.22. The molecule has 1 fully saturated rings. The van der Waals surface area contributed by atoms with Crippen LogP contribution in [0.4, 0.5) is 0 Å². The number of hydrogen-bond donors (Lipinski definition) is 1. The Morgan fingerprint density at radius 3 is 2.79 bits per heavy atom. The van der Waals surface area contributed by atoms with Crippen molar-refractivity contribution in [1.82, 2.24) is 19.6 Å². The molecule has 0 bridgehead atoms. The third-order valence-electron chi connectivity index (χ3n) is 5.36. The number of likely N-dealkylation sites (tertiary alicyclic amines) is 1. The van der Waals surface area contributed by atoms with E-state index >= 15 is 0 Å². The molecule has 2 aromatic rings. The maximum Gasteiger partial charge on any atom is 0.328 e. The number of nitrogens with zero attached hydrogens (tertiary/aromatic N) is 4. The number of aromatic nitrogens is 2. The van der Waals surface area contributed by atoms with Crippen LogP contribution >= 0.6 is 0 Å². The summed E-state index contributed by atoms with van der Waals surface area (Å²) in [6.07, 6.45) is -0.539. The number of β-amino-alcohol motifs (C(OH)–C–C–N with tert-alkyl or cyclic N) is 1. The Hall–Kier alpha value is -2.71. The predicted molar refractivity (Wildman–Crippen MR) is 100 cm³/mol. The molecule has 2 aliphatic heterocycles. The number of hydrogen-bond acceptors (Lipinski definition) is 6. The van der Waals surface area contributed by atoms with Crippen LogP contribution in [0.25, 0.3) is 0 Å². The fourth-order valence-corrected chi connectivity index (χ4v) is 3.95. The van der Waals surface area contributed by atoms with E-state index in [0.717, 1.165) is 18.8 Å². The van der Waals surface area contributed by atoms with E-state index < -0.39 is 18.1 Å². The number of carbonyl (C=O) groups is 2. The van der Waals surface area contributed by atoms with E-state index in [9.17, 15) is 14.7 Å². The second kappa shape index (κ2) is 7.73. The van der Waals surface area contributed by atoms with Crippen LogP contribution in [-0.2, 0) is 29.2 Å². The highest BCUT2D eigenvalue weighted by Crippen LogP contribution is 2.23. The van der Waals surface area contributed by atoms with Crippen LogP contribution < -0.4 is 0 Å². The van der Waals surface area contributed by atoms with Crippen LogP contribution in [0.5, 0.6) is 0 Å². The molecule has 28 heavy (non-hydrogen) atoms. The highest BCUT2D eigenvalue weighted by Gasteiger charge is 2.41. The molecule has 1 N–H and O–H groups in total. The Kier molecular flexibility index (Phi) is 5.15. The SMILES string of the molecule is COC(=O)[C@@H]1C[C@@H](O)CN1C(=O)c1cc2n(n1)CCN(Cc1ccccc1)C2. The van der Waals surface area contributed by atoms with Crippen molar-refractivity contribution in [2.24, 2.45) is 0 Å². The average molecular weight is 384 g/mol. The molecule has 2 aliphatic rings. The molecule has 1 saturated heterocycles. The van der Waals surface area contributed by atoms with Gasteiger partial charge >= 0.3 is 5.97 Å². The van der Waals surface area contributed by atoms with Gasteiger partial charge in [-0.15, -0.1) is 0 Å². The number of ether oxygens (including phenoxy) is 1. The minimum atomic E-state index is -0.763. The lowest BCUT2D eigenvalue weighted by Crippen LogP contribution is -2.41. The molecular formula is C20H24N4O4. The van der Waals surface area contributed by atoms with Gasteiger partial charge in [0.1, 0.15) is 6.04 Å². The number of aliphatic hydroxyl groups excluding tert-OH is 1. The second-order valence-electron chi connectivity index (χ2n) is 7.33. The molecule has 0 spiro atoms. The van der Waals surface area contributed by atoms with Crippen molar-refractivity contribution in [2.45, 2.75) is 38.2 Å². The van der Waals surface area contributed by atoms with Crippen molar-refractivity contribution in [2.75, 3.05) is 20.2 Å². The number of methoxy groups -OCH3 is 1. The summed E-state index contributed by atoms with van der Waals surface area (Å²) in [5, 5.41) is 14.4. The molecule has 1 aromatic carbocycles. The third kappa shape index (κ3) is 3.65. The molecular weight excluding hydrogens is 360 g/mol. The van der Waals surface area contributed by atoms with E-state index in [0.29, 0.717) is 18.8 Å². The van der Waals surface area contributed by atoms with Gasteiger partial charge in [0.25, 0.3) is 5.91 Å². The average Bonchev–Trinajstić information content (AvgIpc) is 3.31. The Bertz CT molecular complexity index is 866. The first-order valence-electron chi connectivity index (χ1n) is 9.45. The van der Waals surface area contributed by atoms with Crippen LogP contribution in [-0.4, -0.2) is 68.9 Å². The van der Waals surface area contributed by atoms with Gasteiger partial charge in [0, 0.05) is 32.6 Å². The Labute approximate surface area is 163 Å². The fraction of sp³-hybridized carbons (Fsp3) is 0.450. The van der Waals surface area contributed by atoms with E-state index in [2.05, 4.69) is 22.1 Å². The van der Waals surface area contributed by atoms with Gasteiger partial charge in [-0.05, 0) is 11.6 Å². The quantitative estimate of drug-likeness (QED) is 0.779. The monoisotopic (exact) mass is 384 g/mol. The molecule has 2 atom stereocenters. The third-order valence-corrected chi connectivity index (χ3v) is 5.36. The van der Waals surface area contributed by atoms with Crippen LogP contribution in [0.2, 0.25) is 0 Å². The van der Waals surface area contributed by atoms with E-state index in [1.165, 1.54) is 17.6 Å². The number of amides is 1. The molecule has 8 heteroatoms. The van der Waals surface area contributed by atoms with Gasteiger partial charge < -0.3 is 14.7 Å². The van der Waals surface area contributed by atoms with Crippen molar-refractivity contribution in [3.05, 3.63) is 53.3 Å². The number of esters is 1. The predicted octanol–water partition coefficient (Wildman–Crippen LogP) is 0.647. The lowest BCUT2D eigenvalue weighted by molar-refractivity contribution is -0.145. The van der Waals surface area contributed by atoms with Crippen LogP contribution in [0, 0.1) is 0 Å². The molecule has 0 unspecified atom stereocenters. The molecule has 8 nitrogen and oxygen atoms in total. The molecule has 1 aromatic heterocycles. The zero-order valence-corrected chi connectivity index (χ0v) is 15.8. The second-order valence-corrected chi connectivity index (χ2v) is 7.33. The molecule has 0 aliphatic carbocycles. The van der Waals surface area contributed by atoms with Gasteiger partial charge in [0.2, 0.25) is 0 Å². The summed E-state index contributed by atoms with van der Waals surface area (Å²) >= 11 is 0. The van der Waals surface area contributed by atoms with Crippen LogP contribution in [0.15, 0.2) is 36.4 Å². The topological polar surface area (TPSA) is 87.9 Å². The smallest absolute Gasteiger partial charge is 0.328 e. The fourth-order valence-electron chi connectivity index (χ4n) is 3.95. The summed E-state index contributed by atoms with van der Waals surface area (Å²) in [5.41, 5.74) is 2.53. The molecule has 3 heterocycles. The molecule has 0 radical (unpaired) electrons. The molecule has 0 saturated carbocycles. The number of aliphatic hydroxyl groups is 1. The van der Waals surface area contributed by atoms with Gasteiger partial charge in [-0.1, -0.05) is 30.3 Å². The van der Waals surface area contributed by atoms with Crippen molar-refractivity contribution >= 4 is 11.9 Å². The summed E-state index contributed by atoms with van der Waals surface area (Å²) in [5.74, 6) is -0.855. The van der Waals surface area contributed by atoms with Gasteiger partial charge in [0.15, 0.2) is 5.69 Å². The number of benzene rings is 1.